The molecule has 22 heavy (non-hydrogen) atoms. The smallest absolute Gasteiger partial charge is 0.324 e. The zero-order chi connectivity index (χ0) is 15.4. The summed E-state index contributed by atoms with van der Waals surface area (Å²) in [5.41, 5.74) is 5.38. The Kier molecular flexibility index (Phi) is 6.46. The van der Waals surface area contributed by atoms with Crippen LogP contribution >= 0.6 is 24.0 Å². The number of benzene rings is 1. The normalized spacial score (nSPS) is 14.6. The number of amides is 3. The molecule has 0 radical (unpaired) electrons. The molecule has 1 fully saturated rings. The van der Waals surface area contributed by atoms with Gasteiger partial charge in [-0.05, 0) is 12.1 Å². The number of guanidine groups is 1. The Morgan fingerprint density at radius 2 is 2.14 bits per heavy atom. The first-order valence-electron chi connectivity index (χ1n) is 6.07. The topological polar surface area (TPSA) is 99.8 Å². The number of urea groups is 1. The Morgan fingerprint density at radius 3 is 2.77 bits per heavy atom. The molecule has 1 saturated heterocycles. The lowest BCUT2D eigenvalue weighted by molar-refractivity contribution is -0.124. The fourth-order valence-corrected chi connectivity index (χ4v) is 1.72. The van der Waals surface area contributed by atoms with E-state index < -0.39 is 17.7 Å². The molecule has 120 valence electrons. The SMILES string of the molecule is I.NC(=NCCN1C(=O)CNC1=O)Nc1cc(F)ccc1F. The highest BCUT2D eigenvalue weighted by molar-refractivity contribution is 14.0. The number of carbonyl (C=O) groups excluding carboxylic acids is 2. The summed E-state index contributed by atoms with van der Waals surface area (Å²) in [6.07, 6.45) is 0. The van der Waals surface area contributed by atoms with Crippen LogP contribution in [0.1, 0.15) is 0 Å². The van der Waals surface area contributed by atoms with Crippen LogP contribution in [0.5, 0.6) is 0 Å². The molecule has 0 bridgehead atoms. The Balaban J connectivity index is 0.00000242. The van der Waals surface area contributed by atoms with E-state index in [0.29, 0.717) is 0 Å². The standard InChI is InChI=1S/C12H13F2N5O2.HI/c13-7-1-2-8(14)9(5-7)18-11(15)16-3-4-19-10(20)6-17-12(19)21;/h1-2,5H,3-4,6H2,(H,17,21)(H3,15,16,18);1H. The van der Waals surface area contributed by atoms with Crippen molar-refractivity contribution in [1.82, 2.24) is 10.2 Å². The molecule has 1 aromatic rings. The second-order valence-corrected chi connectivity index (χ2v) is 4.22. The van der Waals surface area contributed by atoms with Crippen LogP contribution in [0.25, 0.3) is 0 Å². The van der Waals surface area contributed by atoms with Crippen molar-refractivity contribution in [2.45, 2.75) is 0 Å². The van der Waals surface area contributed by atoms with Crippen molar-refractivity contribution in [2.75, 3.05) is 25.0 Å². The third-order valence-corrected chi connectivity index (χ3v) is 2.73. The molecule has 1 aromatic carbocycles. The molecule has 1 aliphatic heterocycles. The van der Waals surface area contributed by atoms with Gasteiger partial charge in [0.25, 0.3) is 0 Å². The summed E-state index contributed by atoms with van der Waals surface area (Å²) >= 11 is 0. The third kappa shape index (κ3) is 4.51. The number of nitrogens with one attached hydrogen (secondary N) is 2. The number of hydrogen-bond donors (Lipinski definition) is 3. The lowest BCUT2D eigenvalue weighted by Gasteiger charge is -2.11. The van der Waals surface area contributed by atoms with Crippen molar-refractivity contribution in [2.24, 2.45) is 10.7 Å². The first-order valence-corrected chi connectivity index (χ1v) is 6.07. The van der Waals surface area contributed by atoms with Gasteiger partial charge in [-0.25, -0.2) is 13.6 Å². The summed E-state index contributed by atoms with van der Waals surface area (Å²) in [6, 6.07) is 2.39. The molecule has 1 heterocycles. The van der Waals surface area contributed by atoms with E-state index in [9.17, 15) is 18.4 Å². The summed E-state index contributed by atoms with van der Waals surface area (Å²) in [5.74, 6) is -1.79. The summed E-state index contributed by atoms with van der Waals surface area (Å²) in [4.78, 5) is 27.4. The number of halogens is 3. The Hall–Kier alpha value is -1.98. The van der Waals surface area contributed by atoms with Crippen LogP contribution in [0.2, 0.25) is 0 Å². The van der Waals surface area contributed by atoms with Crippen LogP contribution in [0.15, 0.2) is 23.2 Å². The van der Waals surface area contributed by atoms with Gasteiger partial charge >= 0.3 is 6.03 Å². The summed E-state index contributed by atoms with van der Waals surface area (Å²) in [5, 5.41) is 4.77. The number of aliphatic imine (C=N–C) groups is 1. The molecule has 0 saturated carbocycles. The number of rotatable bonds is 4. The summed E-state index contributed by atoms with van der Waals surface area (Å²) in [6.45, 7) is 0.0678. The van der Waals surface area contributed by atoms with Crippen LogP contribution in [0, 0.1) is 11.6 Å². The van der Waals surface area contributed by atoms with Crippen molar-refractivity contribution in [3.8, 4) is 0 Å². The van der Waals surface area contributed by atoms with Gasteiger partial charge in [-0.15, -0.1) is 24.0 Å². The number of nitrogens with two attached hydrogens (primary N) is 1. The van der Waals surface area contributed by atoms with E-state index in [0.717, 1.165) is 23.1 Å². The van der Waals surface area contributed by atoms with E-state index in [-0.39, 0.29) is 61.2 Å². The Labute approximate surface area is 142 Å². The fourth-order valence-electron chi connectivity index (χ4n) is 1.72. The molecular formula is C12H14F2IN5O2. The van der Waals surface area contributed by atoms with E-state index in [2.05, 4.69) is 15.6 Å². The largest absolute Gasteiger partial charge is 0.370 e. The molecule has 3 amide bonds. The number of anilines is 1. The minimum atomic E-state index is -0.677. The van der Waals surface area contributed by atoms with Crippen LogP contribution in [0.4, 0.5) is 19.3 Å². The quantitative estimate of drug-likeness (QED) is 0.289. The van der Waals surface area contributed by atoms with Crippen molar-refractivity contribution in [3.05, 3.63) is 29.8 Å². The highest BCUT2D eigenvalue weighted by Gasteiger charge is 2.27. The molecule has 10 heteroatoms. The van der Waals surface area contributed by atoms with E-state index in [1.165, 1.54) is 0 Å². The van der Waals surface area contributed by atoms with Crippen LogP contribution in [-0.2, 0) is 4.79 Å². The third-order valence-electron chi connectivity index (χ3n) is 2.73. The van der Waals surface area contributed by atoms with E-state index in [1.54, 1.807) is 0 Å². The Bertz CT molecular complexity index is 595. The molecule has 0 atom stereocenters. The van der Waals surface area contributed by atoms with Crippen molar-refractivity contribution >= 4 is 47.6 Å². The lowest BCUT2D eigenvalue weighted by Crippen LogP contribution is -2.34. The number of carbonyl (C=O) groups is 2. The molecule has 1 aliphatic rings. The van der Waals surface area contributed by atoms with Crippen LogP contribution in [0.3, 0.4) is 0 Å². The molecule has 0 aromatic heterocycles. The summed E-state index contributed by atoms with van der Waals surface area (Å²) < 4.78 is 26.3. The monoisotopic (exact) mass is 425 g/mol. The number of hydrogen-bond acceptors (Lipinski definition) is 3. The van der Waals surface area contributed by atoms with Crippen LogP contribution in [-0.4, -0.2) is 42.4 Å². The van der Waals surface area contributed by atoms with Gasteiger partial charge in [0.05, 0.1) is 25.3 Å². The average Bonchev–Trinajstić information content (AvgIpc) is 2.74. The first-order chi connectivity index (χ1) is 9.97. The van der Waals surface area contributed by atoms with E-state index in [1.807, 2.05) is 0 Å². The second-order valence-electron chi connectivity index (χ2n) is 4.22. The number of imide groups is 1. The van der Waals surface area contributed by atoms with Crippen molar-refractivity contribution in [3.63, 3.8) is 0 Å². The molecule has 0 unspecified atom stereocenters. The average molecular weight is 425 g/mol. The minimum absolute atomic E-state index is 0. The molecule has 0 aliphatic carbocycles. The van der Waals surface area contributed by atoms with Gasteiger partial charge in [0.2, 0.25) is 5.91 Å². The molecule has 0 spiro atoms. The van der Waals surface area contributed by atoms with E-state index in [4.69, 9.17) is 5.73 Å². The van der Waals surface area contributed by atoms with Gasteiger partial charge in [-0.1, -0.05) is 0 Å². The van der Waals surface area contributed by atoms with Gasteiger partial charge in [0.15, 0.2) is 5.96 Å². The van der Waals surface area contributed by atoms with Gasteiger partial charge in [0, 0.05) is 6.07 Å². The highest BCUT2D eigenvalue weighted by atomic mass is 127. The maximum absolute atomic E-state index is 13.4. The Morgan fingerprint density at radius 1 is 1.41 bits per heavy atom. The van der Waals surface area contributed by atoms with Gasteiger partial charge < -0.3 is 16.4 Å². The van der Waals surface area contributed by atoms with Gasteiger partial charge in [-0.2, -0.15) is 0 Å². The summed E-state index contributed by atoms with van der Waals surface area (Å²) in [7, 11) is 0. The predicted octanol–water partition coefficient (Wildman–Crippen LogP) is 0.861. The predicted molar refractivity (Wildman–Crippen MR) is 87.0 cm³/mol. The maximum Gasteiger partial charge on any atom is 0.324 e. The fraction of sp³-hybridized carbons (Fsp3) is 0.250. The number of nitrogens with zero attached hydrogens (tertiary/aromatic N) is 2. The molecular weight excluding hydrogens is 411 g/mol. The zero-order valence-electron chi connectivity index (χ0n) is 11.3. The second kappa shape index (κ2) is 7.87. The maximum atomic E-state index is 13.4. The molecule has 4 N–H and O–H groups in total. The van der Waals surface area contributed by atoms with Gasteiger partial charge in [0.1, 0.15) is 11.6 Å². The van der Waals surface area contributed by atoms with Crippen molar-refractivity contribution < 1.29 is 18.4 Å². The molecule has 7 nitrogen and oxygen atoms in total. The minimum Gasteiger partial charge on any atom is -0.370 e. The van der Waals surface area contributed by atoms with Gasteiger partial charge in [-0.3, -0.25) is 14.7 Å². The van der Waals surface area contributed by atoms with Crippen LogP contribution < -0.4 is 16.4 Å². The highest BCUT2D eigenvalue weighted by Crippen LogP contribution is 2.14. The first kappa shape index (κ1) is 18.1. The van der Waals surface area contributed by atoms with Crippen molar-refractivity contribution in [1.29, 1.82) is 0 Å². The lowest BCUT2D eigenvalue weighted by atomic mass is 10.3. The molecule has 2 rings (SSSR count). The zero-order valence-corrected chi connectivity index (χ0v) is 13.6. The van der Waals surface area contributed by atoms with E-state index >= 15 is 0 Å².